The van der Waals surface area contributed by atoms with E-state index in [9.17, 15) is 8.78 Å². The maximum atomic E-state index is 13.3. The summed E-state index contributed by atoms with van der Waals surface area (Å²) in [6.07, 6.45) is 0.922. The Hall–Kier alpha value is -1.40. The number of hydrogen-bond acceptors (Lipinski definition) is 4. The molecule has 1 N–H and O–H groups in total. The van der Waals surface area contributed by atoms with Gasteiger partial charge in [-0.15, -0.1) is 5.10 Å². The minimum Gasteiger partial charge on any atom is -0.305 e. The van der Waals surface area contributed by atoms with E-state index in [0.29, 0.717) is 11.3 Å². The van der Waals surface area contributed by atoms with Crippen LogP contribution in [0, 0.1) is 11.6 Å². The lowest BCUT2D eigenvalue weighted by Crippen LogP contribution is -2.23. The van der Waals surface area contributed by atoms with Crippen LogP contribution in [0.15, 0.2) is 23.6 Å². The second-order valence-electron chi connectivity index (χ2n) is 3.92. The summed E-state index contributed by atoms with van der Waals surface area (Å²) >= 11 is 1.22. The van der Waals surface area contributed by atoms with Crippen molar-refractivity contribution in [1.82, 2.24) is 14.9 Å². The van der Waals surface area contributed by atoms with Gasteiger partial charge in [0.15, 0.2) is 0 Å². The van der Waals surface area contributed by atoms with Crippen LogP contribution < -0.4 is 5.32 Å². The average Bonchev–Trinajstić information content (AvgIpc) is 2.82. The predicted octanol–water partition coefficient (Wildman–Crippen LogP) is 2.91. The molecule has 18 heavy (non-hydrogen) atoms. The molecule has 0 saturated carbocycles. The van der Waals surface area contributed by atoms with Crippen LogP contribution in [-0.2, 0) is 0 Å². The molecule has 96 valence electrons. The zero-order valence-corrected chi connectivity index (χ0v) is 10.7. The second kappa shape index (κ2) is 5.97. The number of rotatable bonds is 5. The van der Waals surface area contributed by atoms with Gasteiger partial charge in [0.25, 0.3) is 0 Å². The zero-order valence-electron chi connectivity index (χ0n) is 9.86. The molecule has 0 radical (unpaired) electrons. The van der Waals surface area contributed by atoms with Crippen molar-refractivity contribution in [2.75, 3.05) is 6.54 Å². The van der Waals surface area contributed by atoms with E-state index in [-0.39, 0.29) is 6.04 Å². The molecular formula is C12H13F2N3S. The maximum absolute atomic E-state index is 13.3. The molecule has 2 rings (SSSR count). The first-order valence-electron chi connectivity index (χ1n) is 5.67. The molecule has 0 aliphatic carbocycles. The minimum absolute atomic E-state index is 0.325. The molecular weight excluding hydrogens is 256 g/mol. The molecule has 1 heterocycles. The fraction of sp³-hybridized carbons (Fsp3) is 0.333. The molecule has 0 fully saturated rings. The Balaban J connectivity index is 2.33. The van der Waals surface area contributed by atoms with E-state index in [0.717, 1.165) is 19.0 Å². The van der Waals surface area contributed by atoms with E-state index in [1.165, 1.54) is 23.7 Å². The van der Waals surface area contributed by atoms with Gasteiger partial charge in [-0.1, -0.05) is 11.4 Å². The lowest BCUT2D eigenvalue weighted by Gasteiger charge is -2.16. The van der Waals surface area contributed by atoms with E-state index >= 15 is 0 Å². The molecule has 0 aliphatic heterocycles. The van der Waals surface area contributed by atoms with Gasteiger partial charge in [-0.05, 0) is 42.2 Å². The van der Waals surface area contributed by atoms with E-state index < -0.39 is 11.6 Å². The van der Waals surface area contributed by atoms with Gasteiger partial charge in [0.2, 0.25) is 0 Å². The van der Waals surface area contributed by atoms with Crippen molar-refractivity contribution >= 4 is 11.5 Å². The summed E-state index contributed by atoms with van der Waals surface area (Å²) in [6.45, 7) is 2.76. The summed E-state index contributed by atoms with van der Waals surface area (Å²) in [6, 6.07) is 3.17. The van der Waals surface area contributed by atoms with Crippen molar-refractivity contribution in [2.45, 2.75) is 19.4 Å². The Morgan fingerprint density at radius 1 is 1.28 bits per heavy atom. The lowest BCUT2D eigenvalue weighted by molar-refractivity contribution is 0.553. The van der Waals surface area contributed by atoms with Crippen molar-refractivity contribution < 1.29 is 8.78 Å². The highest BCUT2D eigenvalue weighted by molar-refractivity contribution is 7.03. The molecule has 0 amide bonds. The third kappa shape index (κ3) is 3.08. The zero-order chi connectivity index (χ0) is 13.0. The first-order chi connectivity index (χ1) is 8.70. The van der Waals surface area contributed by atoms with Gasteiger partial charge < -0.3 is 5.32 Å². The molecule has 1 aromatic heterocycles. The number of benzene rings is 1. The van der Waals surface area contributed by atoms with Crippen LogP contribution in [-0.4, -0.2) is 16.1 Å². The van der Waals surface area contributed by atoms with Gasteiger partial charge in [0, 0.05) is 11.4 Å². The van der Waals surface area contributed by atoms with E-state index in [2.05, 4.69) is 14.9 Å². The minimum atomic E-state index is -0.587. The van der Waals surface area contributed by atoms with Gasteiger partial charge in [0.05, 0.1) is 11.7 Å². The molecule has 1 aromatic carbocycles. The van der Waals surface area contributed by atoms with Crippen LogP contribution in [0.25, 0.3) is 0 Å². The third-order valence-electron chi connectivity index (χ3n) is 2.49. The molecule has 1 atom stereocenters. The molecule has 3 nitrogen and oxygen atoms in total. The number of nitrogens with zero attached hydrogens (tertiary/aromatic N) is 2. The first kappa shape index (κ1) is 13.0. The highest BCUT2D eigenvalue weighted by atomic mass is 32.1. The lowest BCUT2D eigenvalue weighted by atomic mass is 10.0. The van der Waals surface area contributed by atoms with Gasteiger partial charge in [-0.2, -0.15) is 0 Å². The summed E-state index contributed by atoms with van der Waals surface area (Å²) < 4.78 is 30.3. The fourth-order valence-electron chi connectivity index (χ4n) is 1.72. The normalized spacial score (nSPS) is 12.6. The number of halogens is 2. The van der Waals surface area contributed by atoms with Crippen molar-refractivity contribution in [3.63, 3.8) is 0 Å². The summed E-state index contributed by atoms with van der Waals surface area (Å²) in [5.41, 5.74) is 1.20. The van der Waals surface area contributed by atoms with Crippen molar-refractivity contribution in [3.05, 3.63) is 46.5 Å². The monoisotopic (exact) mass is 269 g/mol. The summed E-state index contributed by atoms with van der Waals surface area (Å²) in [5.74, 6) is -1.17. The summed E-state index contributed by atoms with van der Waals surface area (Å²) in [5, 5.41) is 8.95. The van der Waals surface area contributed by atoms with Crippen LogP contribution in [0.1, 0.15) is 30.6 Å². The van der Waals surface area contributed by atoms with Gasteiger partial charge >= 0.3 is 0 Å². The highest BCUT2D eigenvalue weighted by Gasteiger charge is 2.17. The number of aromatic nitrogens is 2. The van der Waals surface area contributed by atoms with E-state index in [1.54, 1.807) is 5.38 Å². The Labute approximate surface area is 108 Å². The smallest absolute Gasteiger partial charge is 0.126 e. The largest absolute Gasteiger partial charge is 0.305 e. The van der Waals surface area contributed by atoms with Gasteiger partial charge in [0.1, 0.15) is 11.6 Å². The van der Waals surface area contributed by atoms with Crippen molar-refractivity contribution in [2.24, 2.45) is 0 Å². The van der Waals surface area contributed by atoms with Crippen LogP contribution in [0.4, 0.5) is 8.78 Å². The van der Waals surface area contributed by atoms with Crippen LogP contribution in [0.2, 0.25) is 0 Å². The standard InChI is InChI=1S/C12H13F2N3S/c1-2-3-15-12(11-7-18-17-16-11)8-4-9(13)6-10(14)5-8/h4-7,12,15H,2-3H2,1H3. The van der Waals surface area contributed by atoms with Crippen LogP contribution >= 0.6 is 11.5 Å². The van der Waals surface area contributed by atoms with Crippen molar-refractivity contribution in [3.8, 4) is 0 Å². The predicted molar refractivity (Wildman–Crippen MR) is 66.4 cm³/mol. The Bertz CT molecular complexity index is 482. The Morgan fingerprint density at radius 3 is 2.56 bits per heavy atom. The quantitative estimate of drug-likeness (QED) is 0.907. The van der Waals surface area contributed by atoms with Gasteiger partial charge in [-0.3, -0.25) is 0 Å². The summed E-state index contributed by atoms with van der Waals surface area (Å²) in [7, 11) is 0. The maximum Gasteiger partial charge on any atom is 0.126 e. The SMILES string of the molecule is CCCNC(c1cc(F)cc(F)c1)c1csnn1. The molecule has 2 aromatic rings. The van der Waals surface area contributed by atoms with Gasteiger partial charge in [-0.25, -0.2) is 8.78 Å². The van der Waals surface area contributed by atoms with E-state index in [4.69, 9.17) is 0 Å². The Morgan fingerprint density at radius 2 is 2.00 bits per heavy atom. The number of nitrogens with one attached hydrogen (secondary N) is 1. The van der Waals surface area contributed by atoms with Crippen LogP contribution in [0.3, 0.4) is 0 Å². The first-order valence-corrected chi connectivity index (χ1v) is 6.50. The van der Waals surface area contributed by atoms with E-state index in [1.807, 2.05) is 6.92 Å². The molecule has 1 unspecified atom stereocenters. The average molecular weight is 269 g/mol. The Kier molecular flexibility index (Phi) is 4.33. The second-order valence-corrected chi connectivity index (χ2v) is 4.53. The van der Waals surface area contributed by atoms with Crippen LogP contribution in [0.5, 0.6) is 0 Å². The fourth-order valence-corrected chi connectivity index (χ4v) is 2.20. The molecule has 0 spiro atoms. The molecule has 0 saturated heterocycles. The highest BCUT2D eigenvalue weighted by Crippen LogP contribution is 2.22. The molecule has 6 heteroatoms. The summed E-state index contributed by atoms with van der Waals surface area (Å²) in [4.78, 5) is 0. The third-order valence-corrected chi connectivity index (χ3v) is 3.01. The number of hydrogen-bond donors (Lipinski definition) is 1. The van der Waals surface area contributed by atoms with Crippen molar-refractivity contribution in [1.29, 1.82) is 0 Å². The molecule has 0 bridgehead atoms. The molecule has 0 aliphatic rings. The topological polar surface area (TPSA) is 37.8 Å².